The van der Waals surface area contributed by atoms with Crippen molar-refractivity contribution in [2.24, 2.45) is 5.92 Å². The van der Waals surface area contributed by atoms with Gasteiger partial charge in [-0.05, 0) is 12.5 Å². The van der Waals surface area contributed by atoms with Gasteiger partial charge >= 0.3 is 0 Å². The first kappa shape index (κ1) is 11.2. The van der Waals surface area contributed by atoms with E-state index in [0.717, 1.165) is 19.0 Å². The normalized spacial score (nSPS) is 29.4. The highest BCUT2D eigenvalue weighted by molar-refractivity contribution is 5.17. The zero-order valence-electron chi connectivity index (χ0n) is 10.9. The topological polar surface area (TPSA) is 30.3 Å². The van der Waals surface area contributed by atoms with Crippen molar-refractivity contribution in [2.45, 2.75) is 25.6 Å². The van der Waals surface area contributed by atoms with Gasteiger partial charge in [-0.3, -0.25) is 4.84 Å². The van der Waals surface area contributed by atoms with Crippen LogP contribution >= 0.6 is 0 Å². The fraction of sp³-hybridized carbons (Fsp3) is 0.400. The van der Waals surface area contributed by atoms with Crippen LogP contribution in [0.5, 0.6) is 0 Å². The van der Waals surface area contributed by atoms with Crippen LogP contribution in [-0.4, -0.2) is 21.2 Å². The summed E-state index contributed by atoms with van der Waals surface area (Å²) < 4.78 is 2.29. The first-order valence-corrected chi connectivity index (χ1v) is 6.81. The zero-order valence-corrected chi connectivity index (χ0v) is 10.9. The molecular formula is C15H17N3O. The smallest absolute Gasteiger partial charge is 0.129 e. The minimum atomic E-state index is 0.296. The van der Waals surface area contributed by atoms with Crippen LogP contribution in [0, 0.1) is 5.92 Å². The zero-order chi connectivity index (χ0) is 12.8. The van der Waals surface area contributed by atoms with E-state index in [1.54, 1.807) is 0 Å². The molecule has 0 saturated carbocycles. The van der Waals surface area contributed by atoms with Crippen molar-refractivity contribution in [2.75, 3.05) is 6.61 Å². The van der Waals surface area contributed by atoms with E-state index in [9.17, 15) is 0 Å². The number of imidazole rings is 1. The van der Waals surface area contributed by atoms with Crippen molar-refractivity contribution < 1.29 is 4.84 Å². The molecule has 1 aromatic carbocycles. The molecule has 3 heterocycles. The van der Waals surface area contributed by atoms with Gasteiger partial charge in [-0.25, -0.2) is 4.98 Å². The molecule has 98 valence electrons. The number of hydrogen-bond donors (Lipinski definition) is 0. The summed E-state index contributed by atoms with van der Waals surface area (Å²) in [6, 6.07) is 11.2. The van der Waals surface area contributed by atoms with Gasteiger partial charge in [0, 0.05) is 30.9 Å². The van der Waals surface area contributed by atoms with E-state index in [-0.39, 0.29) is 0 Å². The number of benzene rings is 1. The van der Waals surface area contributed by atoms with Crippen LogP contribution in [0.1, 0.15) is 30.4 Å². The average Bonchev–Trinajstić information content (AvgIpc) is 3.09. The van der Waals surface area contributed by atoms with Gasteiger partial charge in [0.15, 0.2) is 0 Å². The van der Waals surface area contributed by atoms with Gasteiger partial charge in [0.25, 0.3) is 0 Å². The molecular weight excluding hydrogens is 238 g/mol. The predicted molar refractivity (Wildman–Crippen MR) is 71.1 cm³/mol. The molecule has 0 bridgehead atoms. The Hall–Kier alpha value is -1.65. The Labute approximate surface area is 112 Å². The molecule has 2 aliphatic heterocycles. The lowest BCUT2D eigenvalue weighted by atomic mass is 9.98. The van der Waals surface area contributed by atoms with Gasteiger partial charge in [-0.1, -0.05) is 30.3 Å². The van der Waals surface area contributed by atoms with E-state index in [4.69, 9.17) is 4.84 Å². The first-order chi connectivity index (χ1) is 9.34. The van der Waals surface area contributed by atoms with Gasteiger partial charge in [-0.2, -0.15) is 5.06 Å². The number of aromatic nitrogens is 2. The summed E-state index contributed by atoms with van der Waals surface area (Å²) in [5, 5.41) is 2.10. The van der Waals surface area contributed by atoms with Crippen molar-refractivity contribution >= 4 is 0 Å². The Bertz CT molecular complexity index is 580. The number of fused-ring (bicyclic) bond motifs is 3. The lowest BCUT2D eigenvalue weighted by Crippen LogP contribution is -2.22. The fourth-order valence-electron chi connectivity index (χ4n) is 3.30. The Morgan fingerprint density at radius 2 is 2.16 bits per heavy atom. The fourth-order valence-corrected chi connectivity index (χ4v) is 3.30. The molecule has 0 unspecified atom stereocenters. The average molecular weight is 255 g/mol. The number of rotatable bonds is 2. The summed E-state index contributed by atoms with van der Waals surface area (Å²) in [7, 11) is 0. The third-order valence-corrected chi connectivity index (χ3v) is 4.35. The Kier molecular flexibility index (Phi) is 2.47. The molecule has 0 radical (unpaired) electrons. The maximum atomic E-state index is 5.90. The number of nitrogens with zero attached hydrogens (tertiary/aromatic N) is 3. The van der Waals surface area contributed by atoms with Crippen LogP contribution in [-0.2, 0) is 11.4 Å². The first-order valence-electron chi connectivity index (χ1n) is 6.81. The molecule has 0 N–H and O–H groups in total. The number of hydrogen-bond acceptors (Lipinski definition) is 3. The summed E-state index contributed by atoms with van der Waals surface area (Å²) in [6.45, 7) is 3.87. The molecule has 4 heteroatoms. The molecule has 1 saturated heterocycles. The minimum Gasteiger partial charge on any atom is -0.330 e. The molecule has 3 atom stereocenters. The highest BCUT2D eigenvalue weighted by Crippen LogP contribution is 2.47. The largest absolute Gasteiger partial charge is 0.330 e. The van der Waals surface area contributed by atoms with Crippen LogP contribution in [0.15, 0.2) is 42.7 Å². The molecule has 2 aromatic rings. The van der Waals surface area contributed by atoms with E-state index in [2.05, 4.69) is 52.0 Å². The molecule has 19 heavy (non-hydrogen) atoms. The van der Waals surface area contributed by atoms with E-state index < -0.39 is 0 Å². The lowest BCUT2D eigenvalue weighted by Gasteiger charge is -2.20. The Morgan fingerprint density at radius 3 is 3.00 bits per heavy atom. The quantitative estimate of drug-likeness (QED) is 0.826. The van der Waals surface area contributed by atoms with E-state index >= 15 is 0 Å². The SMILES string of the molecule is C[C@H]1[C@@H]2CON(Cc3ccccc3)[C@@H]2c2nccn21. The molecule has 1 fully saturated rings. The maximum Gasteiger partial charge on any atom is 0.129 e. The minimum absolute atomic E-state index is 0.296. The van der Waals surface area contributed by atoms with Crippen molar-refractivity contribution in [3.05, 3.63) is 54.1 Å². The maximum absolute atomic E-state index is 5.90. The van der Waals surface area contributed by atoms with Crippen LogP contribution in [0.4, 0.5) is 0 Å². The standard InChI is InChI=1S/C15H17N3O/c1-11-13-10-19-18(9-12-5-3-2-4-6-12)14(13)15-16-7-8-17(11)15/h2-8,11,13-14H,9-10H2,1H3/t11-,13-,14-/m0/s1. The van der Waals surface area contributed by atoms with Gasteiger partial charge in [0.2, 0.25) is 0 Å². The van der Waals surface area contributed by atoms with Gasteiger partial charge in [0.1, 0.15) is 11.9 Å². The third-order valence-electron chi connectivity index (χ3n) is 4.35. The van der Waals surface area contributed by atoms with Crippen molar-refractivity contribution in [1.29, 1.82) is 0 Å². The second-order valence-electron chi connectivity index (χ2n) is 5.40. The summed E-state index contributed by atoms with van der Waals surface area (Å²) >= 11 is 0. The highest BCUT2D eigenvalue weighted by atomic mass is 16.7. The molecule has 0 amide bonds. The lowest BCUT2D eigenvalue weighted by molar-refractivity contribution is -0.142. The molecule has 4 nitrogen and oxygen atoms in total. The van der Waals surface area contributed by atoms with E-state index in [1.165, 1.54) is 5.56 Å². The highest BCUT2D eigenvalue weighted by Gasteiger charge is 2.47. The van der Waals surface area contributed by atoms with Gasteiger partial charge < -0.3 is 4.57 Å². The van der Waals surface area contributed by atoms with Gasteiger partial charge in [-0.15, -0.1) is 0 Å². The molecule has 1 aromatic heterocycles. The number of hydroxylamine groups is 2. The van der Waals surface area contributed by atoms with Crippen LogP contribution < -0.4 is 0 Å². The van der Waals surface area contributed by atoms with Crippen LogP contribution in [0.2, 0.25) is 0 Å². The second kappa shape index (κ2) is 4.18. The van der Waals surface area contributed by atoms with Crippen molar-refractivity contribution in [3.63, 3.8) is 0 Å². The van der Waals surface area contributed by atoms with E-state index in [0.29, 0.717) is 18.0 Å². The molecule has 2 aliphatic rings. The van der Waals surface area contributed by atoms with Crippen molar-refractivity contribution in [1.82, 2.24) is 14.6 Å². The van der Waals surface area contributed by atoms with Crippen LogP contribution in [0.3, 0.4) is 0 Å². The van der Waals surface area contributed by atoms with Crippen LogP contribution in [0.25, 0.3) is 0 Å². The predicted octanol–water partition coefficient (Wildman–Crippen LogP) is 2.56. The van der Waals surface area contributed by atoms with Crippen molar-refractivity contribution in [3.8, 4) is 0 Å². The summed E-state index contributed by atoms with van der Waals surface area (Å²) in [5.41, 5.74) is 1.28. The Balaban J connectivity index is 1.63. The molecule has 0 spiro atoms. The third kappa shape index (κ3) is 1.64. The van der Waals surface area contributed by atoms with Gasteiger partial charge in [0.05, 0.1) is 6.61 Å². The Morgan fingerprint density at radius 1 is 1.32 bits per heavy atom. The molecule has 0 aliphatic carbocycles. The molecule has 4 rings (SSSR count). The monoisotopic (exact) mass is 255 g/mol. The summed E-state index contributed by atoms with van der Waals surface area (Å²) in [6.07, 6.45) is 3.97. The summed E-state index contributed by atoms with van der Waals surface area (Å²) in [4.78, 5) is 10.4. The van der Waals surface area contributed by atoms with E-state index in [1.807, 2.05) is 12.3 Å². The second-order valence-corrected chi connectivity index (χ2v) is 5.40. The summed E-state index contributed by atoms with van der Waals surface area (Å²) in [5.74, 6) is 1.67.